The number of likely N-dealkylation sites (N-methyl/N-ethyl adjacent to an activating group) is 1. The van der Waals surface area contributed by atoms with Gasteiger partial charge in [0.25, 0.3) is 10.0 Å². The van der Waals surface area contributed by atoms with E-state index in [1.165, 1.54) is 19.4 Å². The Morgan fingerprint density at radius 2 is 1.77 bits per heavy atom. The van der Waals surface area contributed by atoms with Crippen LogP contribution in [0.4, 0.5) is 15.8 Å². The van der Waals surface area contributed by atoms with E-state index in [4.69, 9.17) is 0 Å². The average molecular weight is 434 g/mol. The van der Waals surface area contributed by atoms with E-state index in [1.807, 2.05) is 6.07 Å². The first-order valence-electron chi connectivity index (χ1n) is 9.99. The normalized spacial score (nSPS) is 14.8. The maximum absolute atomic E-state index is 12.9. The van der Waals surface area contributed by atoms with Gasteiger partial charge in [-0.05, 0) is 74.3 Å². The van der Waals surface area contributed by atoms with Gasteiger partial charge in [0.2, 0.25) is 5.91 Å². The number of anilines is 2. The number of alkyl halides is 1. The van der Waals surface area contributed by atoms with Crippen molar-refractivity contribution >= 4 is 27.3 Å². The summed E-state index contributed by atoms with van der Waals surface area (Å²) in [6.07, 6.45) is 0.920. The molecule has 2 aromatic rings. The van der Waals surface area contributed by atoms with Crippen molar-refractivity contribution < 1.29 is 17.6 Å². The summed E-state index contributed by atoms with van der Waals surface area (Å²) in [4.78, 5) is 14.6. The van der Waals surface area contributed by atoms with Crippen molar-refractivity contribution in [1.82, 2.24) is 4.90 Å². The lowest BCUT2D eigenvalue weighted by Crippen LogP contribution is -2.32. The van der Waals surface area contributed by atoms with Gasteiger partial charge in [0.15, 0.2) is 0 Å². The lowest BCUT2D eigenvalue weighted by Gasteiger charge is -2.27. The molecule has 162 valence electrons. The van der Waals surface area contributed by atoms with Gasteiger partial charge in [-0.15, -0.1) is 0 Å². The highest BCUT2D eigenvalue weighted by atomic mass is 32.2. The van der Waals surface area contributed by atoms with Gasteiger partial charge in [-0.2, -0.15) is 0 Å². The Bertz CT molecular complexity index is 1020. The van der Waals surface area contributed by atoms with Crippen LogP contribution in [-0.2, 0) is 27.8 Å². The fourth-order valence-corrected chi connectivity index (χ4v) is 4.33. The van der Waals surface area contributed by atoms with Crippen LogP contribution in [0.15, 0.2) is 47.4 Å². The highest BCUT2D eigenvalue weighted by Gasteiger charge is 2.27. The molecule has 0 aliphatic carbocycles. The third kappa shape index (κ3) is 4.99. The summed E-state index contributed by atoms with van der Waals surface area (Å²) >= 11 is 0. The van der Waals surface area contributed by atoms with Gasteiger partial charge in [0.05, 0.1) is 10.3 Å². The van der Waals surface area contributed by atoms with E-state index in [-0.39, 0.29) is 4.90 Å². The largest absolute Gasteiger partial charge is 0.326 e. The topological polar surface area (TPSA) is 78.5 Å². The average Bonchev–Trinajstić information content (AvgIpc) is 2.74. The first kappa shape index (κ1) is 22.2. The molecule has 0 saturated heterocycles. The van der Waals surface area contributed by atoms with E-state index in [9.17, 15) is 17.6 Å². The van der Waals surface area contributed by atoms with Crippen LogP contribution in [0.25, 0.3) is 0 Å². The number of fused-ring (bicyclic) bond motifs is 1. The molecule has 30 heavy (non-hydrogen) atoms. The van der Waals surface area contributed by atoms with E-state index in [1.54, 1.807) is 36.4 Å². The van der Waals surface area contributed by atoms with Crippen LogP contribution in [0, 0.1) is 5.41 Å². The third-order valence-corrected chi connectivity index (χ3v) is 6.75. The maximum atomic E-state index is 12.9. The van der Waals surface area contributed by atoms with Crippen LogP contribution in [0.3, 0.4) is 0 Å². The van der Waals surface area contributed by atoms with Gasteiger partial charge in [0, 0.05) is 24.5 Å². The van der Waals surface area contributed by atoms with Crippen molar-refractivity contribution in [2.45, 2.75) is 38.6 Å². The predicted octanol–water partition coefficient (Wildman–Crippen LogP) is 3.80. The quantitative estimate of drug-likeness (QED) is 0.696. The minimum absolute atomic E-state index is 0.223. The summed E-state index contributed by atoms with van der Waals surface area (Å²) in [6, 6.07) is 11.6. The van der Waals surface area contributed by atoms with Crippen molar-refractivity contribution in [3.63, 3.8) is 0 Å². The SMILES string of the molecule is CCN1CCc2ccc(S(=O)(=O)Nc3ccc(NC(=O)C(C)(C)CF)cc3)cc2C1. The van der Waals surface area contributed by atoms with E-state index in [2.05, 4.69) is 21.9 Å². The molecule has 0 radical (unpaired) electrons. The Kier molecular flexibility index (Phi) is 6.47. The van der Waals surface area contributed by atoms with Crippen LogP contribution in [0.2, 0.25) is 0 Å². The van der Waals surface area contributed by atoms with Crippen LogP contribution < -0.4 is 10.0 Å². The number of halogens is 1. The molecule has 1 aliphatic rings. The molecular weight excluding hydrogens is 405 g/mol. The van der Waals surface area contributed by atoms with Crippen molar-refractivity contribution in [3.05, 3.63) is 53.6 Å². The number of nitrogens with zero attached hydrogens (tertiary/aromatic N) is 1. The molecule has 2 aromatic carbocycles. The van der Waals surface area contributed by atoms with E-state index in [0.717, 1.165) is 31.6 Å². The van der Waals surface area contributed by atoms with Gasteiger partial charge >= 0.3 is 0 Å². The second kappa shape index (κ2) is 8.73. The lowest BCUT2D eigenvalue weighted by molar-refractivity contribution is -0.124. The molecule has 3 rings (SSSR count). The minimum atomic E-state index is -3.74. The highest BCUT2D eigenvalue weighted by molar-refractivity contribution is 7.92. The van der Waals surface area contributed by atoms with Gasteiger partial charge < -0.3 is 5.32 Å². The zero-order valence-corrected chi connectivity index (χ0v) is 18.4. The van der Waals surface area contributed by atoms with Gasteiger partial charge in [-0.25, -0.2) is 12.8 Å². The fraction of sp³-hybridized carbons (Fsp3) is 0.409. The van der Waals surface area contributed by atoms with Crippen molar-refractivity contribution in [3.8, 4) is 0 Å². The second-order valence-electron chi connectivity index (χ2n) is 8.20. The van der Waals surface area contributed by atoms with E-state index < -0.39 is 28.0 Å². The monoisotopic (exact) mass is 433 g/mol. The standard InChI is InChI=1S/C22H28FN3O3S/c1-4-26-12-11-16-5-10-20(13-17(16)14-26)30(28,29)25-19-8-6-18(7-9-19)24-21(27)22(2,3)15-23/h5-10,13,25H,4,11-12,14-15H2,1-3H3,(H,24,27). The van der Waals surface area contributed by atoms with Crippen LogP contribution in [-0.4, -0.2) is 39.0 Å². The van der Waals surface area contributed by atoms with Gasteiger partial charge in [-0.3, -0.25) is 14.4 Å². The summed E-state index contributed by atoms with van der Waals surface area (Å²) in [6.45, 7) is 7.02. The molecule has 0 spiro atoms. The van der Waals surface area contributed by atoms with E-state index >= 15 is 0 Å². The molecule has 1 heterocycles. The minimum Gasteiger partial charge on any atom is -0.326 e. The summed E-state index contributed by atoms with van der Waals surface area (Å²) in [5, 5.41) is 2.64. The molecule has 1 amide bonds. The number of carbonyl (C=O) groups excluding carboxylic acids is 1. The Morgan fingerprint density at radius 1 is 1.10 bits per heavy atom. The molecule has 0 bridgehead atoms. The number of nitrogens with one attached hydrogen (secondary N) is 2. The maximum Gasteiger partial charge on any atom is 0.261 e. The Morgan fingerprint density at radius 3 is 2.40 bits per heavy atom. The molecule has 0 aromatic heterocycles. The summed E-state index contributed by atoms with van der Waals surface area (Å²) in [5.74, 6) is -0.437. The zero-order chi connectivity index (χ0) is 21.9. The van der Waals surface area contributed by atoms with Crippen molar-refractivity contribution in [1.29, 1.82) is 0 Å². The van der Waals surface area contributed by atoms with Gasteiger partial charge in [-0.1, -0.05) is 13.0 Å². The molecule has 8 heteroatoms. The molecule has 0 unspecified atom stereocenters. The highest BCUT2D eigenvalue weighted by Crippen LogP contribution is 2.25. The number of sulfonamides is 1. The smallest absolute Gasteiger partial charge is 0.261 e. The van der Waals surface area contributed by atoms with Crippen LogP contribution >= 0.6 is 0 Å². The number of carbonyl (C=O) groups is 1. The Labute approximate surface area is 177 Å². The third-order valence-electron chi connectivity index (χ3n) is 5.37. The van der Waals surface area contributed by atoms with Gasteiger partial charge in [0.1, 0.15) is 6.67 Å². The molecule has 0 fully saturated rings. The lowest BCUT2D eigenvalue weighted by atomic mass is 9.94. The number of rotatable bonds is 7. The number of hydrogen-bond donors (Lipinski definition) is 2. The van der Waals surface area contributed by atoms with Crippen molar-refractivity contribution in [2.24, 2.45) is 5.41 Å². The second-order valence-corrected chi connectivity index (χ2v) is 9.89. The Hall–Kier alpha value is -2.45. The number of hydrogen-bond acceptors (Lipinski definition) is 4. The van der Waals surface area contributed by atoms with Crippen LogP contribution in [0.1, 0.15) is 31.9 Å². The number of benzene rings is 2. The predicted molar refractivity (Wildman–Crippen MR) is 117 cm³/mol. The molecule has 6 nitrogen and oxygen atoms in total. The summed E-state index contributed by atoms with van der Waals surface area (Å²) in [5.41, 5.74) is 1.96. The molecular formula is C22H28FN3O3S. The van der Waals surface area contributed by atoms with E-state index in [0.29, 0.717) is 11.4 Å². The first-order valence-corrected chi connectivity index (χ1v) is 11.5. The van der Waals surface area contributed by atoms with Crippen LogP contribution in [0.5, 0.6) is 0 Å². The zero-order valence-electron chi connectivity index (χ0n) is 17.5. The Balaban J connectivity index is 1.72. The number of amides is 1. The summed E-state index contributed by atoms with van der Waals surface area (Å²) in [7, 11) is -3.74. The molecule has 0 saturated carbocycles. The summed E-state index contributed by atoms with van der Waals surface area (Å²) < 4.78 is 41.2. The fourth-order valence-electron chi connectivity index (χ4n) is 3.23. The molecule has 1 aliphatic heterocycles. The van der Waals surface area contributed by atoms with Crippen molar-refractivity contribution in [2.75, 3.05) is 29.8 Å². The molecule has 0 atom stereocenters. The first-order chi connectivity index (χ1) is 14.1. The molecule has 2 N–H and O–H groups in total.